The van der Waals surface area contributed by atoms with E-state index in [9.17, 15) is 8.78 Å². The zero-order valence-corrected chi connectivity index (χ0v) is 5.89. The summed E-state index contributed by atoms with van der Waals surface area (Å²) in [6, 6.07) is 0. The second-order valence-electron chi connectivity index (χ2n) is 1.08. The first-order valence-electron chi connectivity index (χ1n) is 1.85. The van der Waals surface area contributed by atoms with Gasteiger partial charge in [-0.05, 0) is 20.7 Å². The van der Waals surface area contributed by atoms with Crippen LogP contribution >= 0.6 is 20.7 Å². The van der Waals surface area contributed by atoms with Crippen LogP contribution in [0.25, 0.3) is 0 Å². The van der Waals surface area contributed by atoms with Crippen LogP contribution in [0.2, 0.25) is 0 Å². The monoisotopic (exact) mass is 229 g/mol. The summed E-state index contributed by atoms with van der Waals surface area (Å²) in [5.74, 6) is 0. The van der Waals surface area contributed by atoms with Gasteiger partial charge in [-0.1, -0.05) is 0 Å². The Morgan fingerprint density at radius 2 is 2.25 bits per heavy atom. The van der Waals surface area contributed by atoms with Gasteiger partial charge in [-0.3, -0.25) is 4.99 Å². The van der Waals surface area contributed by atoms with E-state index in [0.717, 1.165) is 12.4 Å². The van der Waals surface area contributed by atoms with E-state index in [4.69, 9.17) is 0 Å². The van der Waals surface area contributed by atoms with Gasteiger partial charge in [0.25, 0.3) is 0 Å². The molecule has 0 fully saturated rings. The van der Waals surface area contributed by atoms with Crippen LogP contribution in [0, 0.1) is 0 Å². The van der Waals surface area contributed by atoms with Crippen molar-refractivity contribution in [3.8, 4) is 0 Å². The smallest absolute Gasteiger partial charge is 0.175 e. The summed E-state index contributed by atoms with van der Waals surface area (Å²) >= 11 is -1.12. The van der Waals surface area contributed by atoms with Crippen LogP contribution in [0.3, 0.4) is 0 Å². The van der Waals surface area contributed by atoms with Gasteiger partial charge in [-0.2, -0.15) is 8.78 Å². The fourth-order valence-corrected chi connectivity index (χ4v) is 1.38. The van der Waals surface area contributed by atoms with Crippen molar-refractivity contribution in [2.75, 3.05) is 0 Å². The average Bonchev–Trinajstić information content (AvgIpc) is 1.64. The molecule has 1 rings (SSSR count). The van der Waals surface area contributed by atoms with Gasteiger partial charge in [0, 0.05) is 0 Å². The Balaban J connectivity index is 2.89. The first-order valence-corrected chi connectivity index (χ1v) is 4.01. The highest BCUT2D eigenvalue weighted by atomic mass is 127. The Morgan fingerprint density at radius 3 is 2.62 bits per heavy atom. The lowest BCUT2D eigenvalue weighted by molar-refractivity contribution is 0.708. The Labute approximate surface area is 54.9 Å². The summed E-state index contributed by atoms with van der Waals surface area (Å²) in [5, 5.41) is 0. The molecule has 44 valence electrons. The highest BCUT2D eigenvalue weighted by molar-refractivity contribution is 14.2. The van der Waals surface area contributed by atoms with Gasteiger partial charge >= 0.3 is 0 Å². The third-order valence-electron chi connectivity index (χ3n) is 0.525. The van der Waals surface area contributed by atoms with Crippen LogP contribution in [-0.2, 0) is 0 Å². The predicted octanol–water partition coefficient (Wildman–Crippen LogP) is 1.91. The molecule has 1 heterocycles. The van der Waals surface area contributed by atoms with Crippen LogP contribution in [0.4, 0.5) is 8.78 Å². The lowest BCUT2D eigenvalue weighted by Crippen LogP contribution is -1.86. The molecule has 0 saturated carbocycles. The number of rotatable bonds is 0. The zero-order valence-electron chi connectivity index (χ0n) is 3.74. The predicted molar refractivity (Wildman–Crippen MR) is 37.8 cm³/mol. The number of halogens is 3. The van der Waals surface area contributed by atoms with E-state index in [1.165, 1.54) is 0 Å². The van der Waals surface area contributed by atoms with Crippen molar-refractivity contribution in [1.29, 1.82) is 0 Å². The van der Waals surface area contributed by atoms with Gasteiger partial charge in [0.1, 0.15) is 0 Å². The maximum Gasteiger partial charge on any atom is 0.175 e. The van der Waals surface area contributed by atoms with Crippen molar-refractivity contribution in [1.82, 2.24) is 0 Å². The van der Waals surface area contributed by atoms with Gasteiger partial charge in [-0.25, -0.2) is 0 Å². The van der Waals surface area contributed by atoms with Gasteiger partial charge in [-0.15, -0.1) is 0 Å². The first-order chi connectivity index (χ1) is 3.79. The van der Waals surface area contributed by atoms with Crippen LogP contribution in [-0.4, -0.2) is 9.98 Å². The van der Waals surface area contributed by atoms with Crippen LogP contribution in [0.5, 0.6) is 0 Å². The molecule has 0 aromatic heterocycles. The maximum atomic E-state index is 12.0. The Hall–Kier alpha value is -0.130. The molecule has 0 atom stereocenters. The number of nitrogens with zero attached hydrogens (tertiary/aromatic N) is 1. The number of hydrogen-bond donors (Lipinski definition) is 0. The standard InChI is InChI=1S/C4H2F2IN/c5-3-1-8-2-4(6)7-3/h1-2H. The maximum absolute atomic E-state index is 12.0. The second-order valence-corrected chi connectivity index (χ2v) is 3.68. The molecule has 0 bridgehead atoms. The summed E-state index contributed by atoms with van der Waals surface area (Å²) in [6.07, 6.45) is 2.10. The van der Waals surface area contributed by atoms with Crippen LogP contribution < -0.4 is 0 Å². The van der Waals surface area contributed by atoms with E-state index in [1.54, 1.807) is 0 Å². The van der Waals surface area contributed by atoms with Crippen molar-refractivity contribution < 1.29 is 8.78 Å². The Morgan fingerprint density at radius 1 is 1.50 bits per heavy atom. The van der Waals surface area contributed by atoms with Crippen LogP contribution in [0.1, 0.15) is 0 Å². The van der Waals surface area contributed by atoms with Crippen molar-refractivity contribution in [2.45, 2.75) is 0 Å². The molecule has 0 amide bonds. The third-order valence-corrected chi connectivity index (χ3v) is 2.11. The van der Waals surface area contributed by atoms with E-state index in [-0.39, 0.29) is 0 Å². The van der Waals surface area contributed by atoms with E-state index in [1.807, 2.05) is 0 Å². The van der Waals surface area contributed by atoms with E-state index in [2.05, 4.69) is 4.99 Å². The minimum Gasteiger partial charge on any atom is -0.258 e. The first kappa shape index (κ1) is 6.00. The molecule has 0 spiro atoms. The van der Waals surface area contributed by atoms with Gasteiger partial charge in [0.15, 0.2) is 7.60 Å². The Kier molecular flexibility index (Phi) is 1.82. The third kappa shape index (κ3) is 1.43. The fraction of sp³-hybridized carbons (Fsp3) is 0. The highest BCUT2D eigenvalue weighted by Gasteiger charge is 1.97. The zero-order chi connectivity index (χ0) is 5.98. The van der Waals surface area contributed by atoms with Gasteiger partial charge in [0.05, 0.1) is 12.4 Å². The average molecular weight is 229 g/mol. The molecule has 8 heavy (non-hydrogen) atoms. The Bertz CT molecular complexity index is 180. The molecule has 0 radical (unpaired) electrons. The largest absolute Gasteiger partial charge is 0.258 e. The molecule has 1 nitrogen and oxygen atoms in total. The lowest BCUT2D eigenvalue weighted by Gasteiger charge is -1.88. The molecule has 0 aromatic rings. The number of hydrogen-bond acceptors (Lipinski definition) is 1. The highest BCUT2D eigenvalue weighted by Crippen LogP contribution is 2.19. The molecule has 4 heteroatoms. The van der Waals surface area contributed by atoms with E-state index in [0.29, 0.717) is 0 Å². The molecule has 0 unspecified atom stereocenters. The minimum atomic E-state index is -1.12. The van der Waals surface area contributed by atoms with E-state index >= 15 is 0 Å². The quantitative estimate of drug-likeness (QED) is 0.562. The molecule has 0 saturated heterocycles. The summed E-state index contributed by atoms with van der Waals surface area (Å²) in [6.45, 7) is 0. The molecular weight excluding hydrogens is 227 g/mol. The van der Waals surface area contributed by atoms with Crippen molar-refractivity contribution in [3.63, 3.8) is 0 Å². The van der Waals surface area contributed by atoms with E-state index < -0.39 is 28.3 Å². The molecule has 0 N–H and O–H groups in total. The van der Waals surface area contributed by atoms with Crippen LogP contribution in [0.15, 0.2) is 15.0 Å². The summed E-state index contributed by atoms with van der Waals surface area (Å²) in [4.78, 5) is 3.29. The SMILES string of the molecule is FC1=CN=CC(F)=I1. The van der Waals surface area contributed by atoms with Crippen molar-refractivity contribution in [3.05, 3.63) is 10.0 Å². The second kappa shape index (κ2) is 2.43. The molecule has 0 aromatic carbocycles. The summed E-state index contributed by atoms with van der Waals surface area (Å²) in [7, 11) is 0. The summed E-state index contributed by atoms with van der Waals surface area (Å²) in [5.41, 5.74) is 0. The van der Waals surface area contributed by atoms with Crippen molar-refractivity contribution >= 4 is 30.7 Å². The lowest BCUT2D eigenvalue weighted by atomic mass is 10.8. The molecule has 0 aliphatic carbocycles. The van der Waals surface area contributed by atoms with Gasteiger partial charge < -0.3 is 0 Å². The molecule has 1 aliphatic rings. The normalized spacial score (nSPS) is 18.8. The molecular formula is C4H2F2IN. The van der Waals surface area contributed by atoms with Gasteiger partial charge in [0.2, 0.25) is 0 Å². The summed E-state index contributed by atoms with van der Waals surface area (Å²) < 4.78 is 23.1. The minimum absolute atomic E-state index is 0.413. The topological polar surface area (TPSA) is 12.4 Å². The van der Waals surface area contributed by atoms with Crippen molar-refractivity contribution in [2.24, 2.45) is 4.99 Å². The fourth-order valence-electron chi connectivity index (χ4n) is 0.285. The number of aliphatic imine (C=N–C) groups is 1. The molecule has 1 aliphatic heterocycles.